The summed E-state index contributed by atoms with van der Waals surface area (Å²) in [5, 5.41) is 3.97. The first-order valence-corrected chi connectivity index (χ1v) is 9.22. The Morgan fingerprint density at radius 2 is 1.85 bits per heavy atom. The average molecular weight is 390 g/mol. The van der Waals surface area contributed by atoms with E-state index in [1.165, 1.54) is 0 Å². The molecule has 0 saturated carbocycles. The summed E-state index contributed by atoms with van der Waals surface area (Å²) in [6.07, 6.45) is 0. The highest BCUT2D eigenvalue weighted by Crippen LogP contribution is 2.33. The Hall–Kier alpha value is -2.54. The van der Waals surface area contributed by atoms with E-state index in [2.05, 4.69) is 20.2 Å². The van der Waals surface area contributed by atoms with Crippen LogP contribution in [-0.4, -0.2) is 54.1 Å². The molecule has 1 aliphatic rings. The van der Waals surface area contributed by atoms with E-state index >= 15 is 0 Å². The number of piperazine rings is 1. The maximum Gasteiger partial charge on any atom is 0.219 e. The highest BCUT2D eigenvalue weighted by Gasteiger charge is 2.20. The first kappa shape index (κ1) is 19.2. The molecule has 1 aromatic carbocycles. The molecule has 1 amide bonds. The number of ether oxygens (including phenoxy) is 1. The molecule has 0 radical (unpaired) electrons. The Bertz CT molecular complexity index is 850. The minimum absolute atomic E-state index is 0.112. The van der Waals surface area contributed by atoms with Crippen molar-refractivity contribution < 1.29 is 9.53 Å². The second kappa shape index (κ2) is 8.00. The van der Waals surface area contributed by atoms with Crippen molar-refractivity contribution in [3.05, 3.63) is 34.6 Å². The summed E-state index contributed by atoms with van der Waals surface area (Å²) in [6, 6.07) is 5.64. The van der Waals surface area contributed by atoms with Crippen molar-refractivity contribution in [1.82, 2.24) is 14.9 Å². The van der Waals surface area contributed by atoms with Crippen LogP contribution in [-0.2, 0) is 4.79 Å². The number of benzene rings is 1. The summed E-state index contributed by atoms with van der Waals surface area (Å²) in [6.45, 7) is 8.31. The van der Waals surface area contributed by atoms with Crippen LogP contribution in [0.5, 0.6) is 5.75 Å². The van der Waals surface area contributed by atoms with Gasteiger partial charge in [0.2, 0.25) is 5.91 Å². The molecule has 7 nitrogen and oxygen atoms in total. The Morgan fingerprint density at radius 1 is 1.15 bits per heavy atom. The number of anilines is 3. The fourth-order valence-corrected chi connectivity index (χ4v) is 3.25. The van der Waals surface area contributed by atoms with Crippen LogP contribution in [0, 0.1) is 13.8 Å². The molecule has 2 heterocycles. The lowest BCUT2D eigenvalue weighted by Gasteiger charge is -2.35. The van der Waals surface area contributed by atoms with Gasteiger partial charge in [-0.2, -0.15) is 0 Å². The van der Waals surface area contributed by atoms with Crippen LogP contribution in [0.4, 0.5) is 17.3 Å². The number of aromatic nitrogens is 2. The Labute approximate surface area is 164 Å². The number of carbonyl (C=O) groups excluding carboxylic acids is 1. The van der Waals surface area contributed by atoms with Gasteiger partial charge >= 0.3 is 0 Å². The van der Waals surface area contributed by atoms with Crippen LogP contribution in [0.3, 0.4) is 0 Å². The minimum Gasteiger partial charge on any atom is -0.495 e. The van der Waals surface area contributed by atoms with Gasteiger partial charge in [-0.25, -0.2) is 9.97 Å². The zero-order valence-electron chi connectivity index (χ0n) is 16.0. The van der Waals surface area contributed by atoms with E-state index in [1.807, 2.05) is 30.9 Å². The standard InChI is InChI=1S/C19H24ClN5O2/c1-12-9-16(17(27-4)10-15(12)20)23-18-11-19(22-13(2)21-18)25-7-5-24(6-8-25)14(3)26/h9-11H,5-8H2,1-4H3,(H,21,22,23). The maximum atomic E-state index is 11.5. The first-order valence-electron chi connectivity index (χ1n) is 8.84. The van der Waals surface area contributed by atoms with Gasteiger partial charge in [0.05, 0.1) is 12.8 Å². The Balaban J connectivity index is 1.82. The fourth-order valence-electron chi connectivity index (χ4n) is 3.10. The summed E-state index contributed by atoms with van der Waals surface area (Å²) in [5.74, 6) is 2.97. The molecular weight excluding hydrogens is 366 g/mol. The summed E-state index contributed by atoms with van der Waals surface area (Å²) >= 11 is 6.19. The maximum absolute atomic E-state index is 11.5. The van der Waals surface area contributed by atoms with E-state index < -0.39 is 0 Å². The van der Waals surface area contributed by atoms with E-state index in [0.717, 1.165) is 30.2 Å². The third-order valence-electron chi connectivity index (χ3n) is 4.62. The number of nitrogens with zero attached hydrogens (tertiary/aromatic N) is 4. The number of halogens is 1. The lowest BCUT2D eigenvalue weighted by molar-refractivity contribution is -0.129. The van der Waals surface area contributed by atoms with E-state index in [4.69, 9.17) is 16.3 Å². The van der Waals surface area contributed by atoms with Gasteiger partial charge in [-0.3, -0.25) is 4.79 Å². The van der Waals surface area contributed by atoms with Gasteiger partial charge in [-0.1, -0.05) is 11.6 Å². The molecule has 1 aromatic heterocycles. The molecular formula is C19H24ClN5O2. The molecule has 3 rings (SSSR count). The molecule has 0 aliphatic carbocycles. The fraction of sp³-hybridized carbons (Fsp3) is 0.421. The normalized spacial score (nSPS) is 14.3. The van der Waals surface area contributed by atoms with E-state index in [0.29, 0.717) is 35.5 Å². The highest BCUT2D eigenvalue weighted by molar-refractivity contribution is 6.31. The highest BCUT2D eigenvalue weighted by atomic mass is 35.5. The number of methoxy groups -OCH3 is 1. The number of carbonyl (C=O) groups is 1. The van der Waals surface area contributed by atoms with Crippen LogP contribution in [0.1, 0.15) is 18.3 Å². The summed E-state index contributed by atoms with van der Waals surface area (Å²) in [7, 11) is 1.61. The van der Waals surface area contributed by atoms with Gasteiger partial charge in [-0.05, 0) is 25.5 Å². The smallest absolute Gasteiger partial charge is 0.219 e. The molecule has 1 aliphatic heterocycles. The van der Waals surface area contributed by atoms with Crippen molar-refractivity contribution in [3.63, 3.8) is 0 Å². The van der Waals surface area contributed by atoms with Crippen molar-refractivity contribution in [2.75, 3.05) is 43.5 Å². The average Bonchev–Trinajstić information content (AvgIpc) is 2.64. The van der Waals surface area contributed by atoms with Gasteiger partial charge < -0.3 is 19.9 Å². The third-order valence-corrected chi connectivity index (χ3v) is 5.02. The van der Waals surface area contributed by atoms with Crippen molar-refractivity contribution in [2.45, 2.75) is 20.8 Å². The summed E-state index contributed by atoms with van der Waals surface area (Å²) < 4.78 is 5.43. The number of aryl methyl sites for hydroxylation is 2. The molecule has 1 saturated heterocycles. The number of amides is 1. The lowest BCUT2D eigenvalue weighted by atomic mass is 10.2. The monoisotopic (exact) mass is 389 g/mol. The molecule has 0 atom stereocenters. The van der Waals surface area contributed by atoms with E-state index in [9.17, 15) is 4.79 Å². The lowest BCUT2D eigenvalue weighted by Crippen LogP contribution is -2.48. The number of nitrogens with one attached hydrogen (secondary N) is 1. The quantitative estimate of drug-likeness (QED) is 0.866. The molecule has 8 heteroatoms. The second-order valence-electron chi connectivity index (χ2n) is 6.58. The molecule has 144 valence electrons. The van der Waals surface area contributed by atoms with Crippen molar-refractivity contribution >= 4 is 34.8 Å². The van der Waals surface area contributed by atoms with Crippen LogP contribution in [0.2, 0.25) is 5.02 Å². The molecule has 1 fully saturated rings. The van der Waals surface area contributed by atoms with Gasteiger partial charge in [-0.15, -0.1) is 0 Å². The predicted molar refractivity (Wildman–Crippen MR) is 107 cm³/mol. The van der Waals surface area contributed by atoms with Crippen molar-refractivity contribution in [2.24, 2.45) is 0 Å². The number of rotatable bonds is 4. The second-order valence-corrected chi connectivity index (χ2v) is 6.99. The summed E-state index contributed by atoms with van der Waals surface area (Å²) in [4.78, 5) is 24.6. The zero-order valence-corrected chi connectivity index (χ0v) is 16.8. The Morgan fingerprint density at radius 3 is 2.48 bits per heavy atom. The van der Waals surface area contributed by atoms with E-state index in [1.54, 1.807) is 20.1 Å². The molecule has 27 heavy (non-hydrogen) atoms. The largest absolute Gasteiger partial charge is 0.495 e. The molecule has 2 aromatic rings. The minimum atomic E-state index is 0.112. The van der Waals surface area contributed by atoms with Crippen LogP contribution in [0.15, 0.2) is 18.2 Å². The molecule has 0 bridgehead atoms. The van der Waals surface area contributed by atoms with Crippen LogP contribution in [0.25, 0.3) is 0 Å². The number of hydrogen-bond donors (Lipinski definition) is 1. The van der Waals surface area contributed by atoms with E-state index in [-0.39, 0.29) is 5.91 Å². The molecule has 1 N–H and O–H groups in total. The zero-order chi connectivity index (χ0) is 19.6. The molecule has 0 unspecified atom stereocenters. The van der Waals surface area contributed by atoms with Gasteiger partial charge in [0.1, 0.15) is 23.2 Å². The Kier molecular flexibility index (Phi) is 5.70. The van der Waals surface area contributed by atoms with Crippen molar-refractivity contribution in [3.8, 4) is 5.75 Å². The van der Waals surface area contributed by atoms with Crippen LogP contribution < -0.4 is 15.0 Å². The first-order chi connectivity index (χ1) is 12.9. The summed E-state index contributed by atoms with van der Waals surface area (Å²) in [5.41, 5.74) is 1.75. The topological polar surface area (TPSA) is 70.6 Å². The molecule has 0 spiro atoms. The van der Waals surface area contributed by atoms with Gasteiger partial charge in [0.25, 0.3) is 0 Å². The number of hydrogen-bond acceptors (Lipinski definition) is 6. The predicted octanol–water partition coefficient (Wildman–Crippen LogP) is 3.17. The third kappa shape index (κ3) is 4.42. The van der Waals surface area contributed by atoms with Gasteiger partial charge in [0.15, 0.2) is 0 Å². The van der Waals surface area contributed by atoms with Gasteiger partial charge in [0, 0.05) is 50.3 Å². The van der Waals surface area contributed by atoms with Crippen LogP contribution >= 0.6 is 11.6 Å². The SMILES string of the molecule is COc1cc(Cl)c(C)cc1Nc1cc(N2CCN(C(C)=O)CC2)nc(C)n1. The van der Waals surface area contributed by atoms with Crippen molar-refractivity contribution in [1.29, 1.82) is 0 Å².